The Morgan fingerprint density at radius 3 is 2.44 bits per heavy atom. The van der Waals surface area contributed by atoms with Gasteiger partial charge < -0.3 is 15.5 Å². The first-order chi connectivity index (χ1) is 16.6. The van der Waals surface area contributed by atoms with Crippen LogP contribution in [0.2, 0.25) is 0 Å². The molecule has 3 aromatic rings. The number of nitrogens with zero attached hydrogens (tertiary/aromatic N) is 6. The van der Waals surface area contributed by atoms with Crippen LogP contribution in [0.1, 0.15) is 44.9 Å². The van der Waals surface area contributed by atoms with Gasteiger partial charge in [0.15, 0.2) is 11.5 Å². The standard InChI is InChI=1S/C23H27FN8O2/c24-18-7-6-17(14-19(18)26-23(34)15-4-2-1-3-5-15)25-22(33)16-10-12-31(13-11-16)21-9-8-20-27-29-30-32(20)28-21/h6-9,14-16H,1-5,10-13H2,(H,25,33)(H,26,34). The van der Waals surface area contributed by atoms with Crippen molar-refractivity contribution in [1.82, 2.24) is 25.3 Å². The smallest absolute Gasteiger partial charge is 0.227 e. The van der Waals surface area contributed by atoms with Crippen molar-refractivity contribution < 1.29 is 14.0 Å². The van der Waals surface area contributed by atoms with Crippen molar-refractivity contribution in [3.8, 4) is 0 Å². The lowest BCUT2D eigenvalue weighted by Crippen LogP contribution is -2.38. The van der Waals surface area contributed by atoms with E-state index in [1.54, 1.807) is 6.07 Å². The zero-order chi connectivity index (χ0) is 23.5. The monoisotopic (exact) mass is 466 g/mol. The van der Waals surface area contributed by atoms with Crippen LogP contribution in [-0.4, -0.2) is 50.2 Å². The molecule has 5 rings (SSSR count). The molecule has 0 spiro atoms. The van der Waals surface area contributed by atoms with E-state index in [1.165, 1.54) is 22.8 Å². The van der Waals surface area contributed by atoms with Gasteiger partial charge in [0.25, 0.3) is 0 Å². The summed E-state index contributed by atoms with van der Waals surface area (Å²) in [6, 6.07) is 7.96. The maximum absolute atomic E-state index is 14.3. The van der Waals surface area contributed by atoms with Crippen LogP contribution < -0.4 is 15.5 Å². The number of benzene rings is 1. The van der Waals surface area contributed by atoms with E-state index >= 15 is 0 Å². The van der Waals surface area contributed by atoms with E-state index in [0.29, 0.717) is 37.3 Å². The van der Waals surface area contributed by atoms with E-state index in [4.69, 9.17) is 0 Å². The number of tetrazole rings is 1. The van der Waals surface area contributed by atoms with Gasteiger partial charge in [-0.25, -0.2) is 4.39 Å². The zero-order valence-electron chi connectivity index (χ0n) is 18.8. The molecule has 2 aliphatic rings. The van der Waals surface area contributed by atoms with Crippen LogP contribution in [0.5, 0.6) is 0 Å². The van der Waals surface area contributed by atoms with Gasteiger partial charge in [-0.2, -0.15) is 0 Å². The summed E-state index contributed by atoms with van der Waals surface area (Å²) in [6.45, 7) is 1.34. The number of fused-ring (bicyclic) bond motifs is 1. The molecule has 0 bridgehead atoms. The summed E-state index contributed by atoms with van der Waals surface area (Å²) in [4.78, 5) is 27.5. The Bertz CT molecular complexity index is 1180. The van der Waals surface area contributed by atoms with Gasteiger partial charge in [-0.15, -0.1) is 14.8 Å². The number of hydrogen-bond donors (Lipinski definition) is 2. The number of piperidine rings is 1. The third-order valence-corrected chi connectivity index (χ3v) is 6.71. The predicted octanol–water partition coefficient (Wildman–Crippen LogP) is 3.03. The Labute approximate surface area is 195 Å². The lowest BCUT2D eigenvalue weighted by Gasteiger charge is -2.31. The van der Waals surface area contributed by atoms with Crippen molar-refractivity contribution in [2.45, 2.75) is 44.9 Å². The third kappa shape index (κ3) is 4.82. The fourth-order valence-corrected chi connectivity index (χ4v) is 4.72. The van der Waals surface area contributed by atoms with E-state index in [2.05, 4.69) is 36.2 Å². The highest BCUT2D eigenvalue weighted by Crippen LogP contribution is 2.28. The summed E-state index contributed by atoms with van der Waals surface area (Å²) >= 11 is 0. The zero-order valence-corrected chi connectivity index (χ0v) is 18.8. The summed E-state index contributed by atoms with van der Waals surface area (Å²) in [6.07, 6.45) is 6.18. The Morgan fingerprint density at radius 2 is 1.65 bits per heavy atom. The minimum Gasteiger partial charge on any atom is -0.355 e. The number of carbonyl (C=O) groups excluding carboxylic acids is 2. The van der Waals surface area contributed by atoms with Gasteiger partial charge >= 0.3 is 0 Å². The van der Waals surface area contributed by atoms with Gasteiger partial charge in [0.2, 0.25) is 11.8 Å². The Hall–Kier alpha value is -3.63. The summed E-state index contributed by atoms with van der Waals surface area (Å²) in [7, 11) is 0. The molecule has 2 N–H and O–H groups in total. The average molecular weight is 467 g/mol. The SMILES string of the molecule is O=C(Nc1ccc(F)c(NC(=O)C2CCCCC2)c1)C1CCN(c2ccc3nnnn3n2)CC1. The van der Waals surface area contributed by atoms with Crippen molar-refractivity contribution >= 4 is 34.7 Å². The highest BCUT2D eigenvalue weighted by atomic mass is 19.1. The summed E-state index contributed by atoms with van der Waals surface area (Å²) in [5.41, 5.74) is 1.15. The molecule has 1 saturated carbocycles. The van der Waals surface area contributed by atoms with E-state index in [9.17, 15) is 14.0 Å². The Morgan fingerprint density at radius 1 is 0.912 bits per heavy atom. The first kappa shape index (κ1) is 22.2. The van der Waals surface area contributed by atoms with Crippen LogP contribution in [0.4, 0.5) is 21.6 Å². The van der Waals surface area contributed by atoms with Crippen molar-refractivity contribution in [1.29, 1.82) is 0 Å². The maximum atomic E-state index is 14.3. The largest absolute Gasteiger partial charge is 0.355 e. The van der Waals surface area contributed by atoms with Crippen LogP contribution in [0.15, 0.2) is 30.3 Å². The van der Waals surface area contributed by atoms with Gasteiger partial charge in [-0.3, -0.25) is 9.59 Å². The molecule has 11 heteroatoms. The second-order valence-electron chi connectivity index (χ2n) is 8.99. The van der Waals surface area contributed by atoms with E-state index in [0.717, 1.165) is 37.9 Å². The number of anilines is 3. The molecular formula is C23H27FN8O2. The summed E-state index contributed by atoms with van der Waals surface area (Å²) in [5.74, 6) is -0.258. The third-order valence-electron chi connectivity index (χ3n) is 6.71. The number of carbonyl (C=O) groups is 2. The quantitative estimate of drug-likeness (QED) is 0.593. The number of aromatic nitrogens is 5. The maximum Gasteiger partial charge on any atom is 0.227 e. The van der Waals surface area contributed by atoms with Crippen LogP contribution in [0.3, 0.4) is 0 Å². The second kappa shape index (κ2) is 9.70. The van der Waals surface area contributed by atoms with Gasteiger partial charge in [0.05, 0.1) is 5.69 Å². The van der Waals surface area contributed by atoms with E-state index in [-0.39, 0.29) is 29.3 Å². The van der Waals surface area contributed by atoms with Gasteiger partial charge in [-0.1, -0.05) is 19.3 Å². The molecule has 3 heterocycles. The molecular weight excluding hydrogens is 439 g/mol. The number of nitrogens with one attached hydrogen (secondary N) is 2. The molecule has 34 heavy (non-hydrogen) atoms. The molecule has 178 valence electrons. The van der Waals surface area contributed by atoms with Gasteiger partial charge in [0.1, 0.15) is 5.82 Å². The van der Waals surface area contributed by atoms with Crippen molar-refractivity contribution in [3.05, 3.63) is 36.1 Å². The summed E-state index contributed by atoms with van der Waals surface area (Å²) in [5, 5.41) is 21.3. The van der Waals surface area contributed by atoms with Gasteiger partial charge in [0, 0.05) is 30.6 Å². The fourth-order valence-electron chi connectivity index (χ4n) is 4.72. The number of rotatable bonds is 5. The van der Waals surface area contributed by atoms with Crippen LogP contribution in [0, 0.1) is 17.7 Å². The predicted molar refractivity (Wildman–Crippen MR) is 124 cm³/mol. The molecule has 2 fully saturated rings. The molecule has 0 unspecified atom stereocenters. The normalized spacial score (nSPS) is 17.6. The summed E-state index contributed by atoms with van der Waals surface area (Å²) < 4.78 is 15.7. The first-order valence-electron chi connectivity index (χ1n) is 11.8. The molecule has 1 aliphatic carbocycles. The molecule has 10 nitrogen and oxygen atoms in total. The molecule has 0 atom stereocenters. The minimum absolute atomic E-state index is 0.0763. The molecule has 0 radical (unpaired) electrons. The number of hydrogen-bond acceptors (Lipinski definition) is 7. The molecule has 1 aromatic carbocycles. The molecule has 2 aromatic heterocycles. The topological polar surface area (TPSA) is 117 Å². The van der Waals surface area contributed by atoms with Crippen molar-refractivity contribution in [2.24, 2.45) is 11.8 Å². The first-order valence-corrected chi connectivity index (χ1v) is 11.8. The van der Waals surface area contributed by atoms with Crippen LogP contribution in [-0.2, 0) is 9.59 Å². The highest BCUT2D eigenvalue weighted by molar-refractivity contribution is 5.96. The minimum atomic E-state index is -0.512. The fraction of sp³-hybridized carbons (Fsp3) is 0.478. The van der Waals surface area contributed by atoms with Crippen molar-refractivity contribution in [3.63, 3.8) is 0 Å². The lowest BCUT2D eigenvalue weighted by atomic mass is 9.88. The second-order valence-corrected chi connectivity index (χ2v) is 8.99. The van der Waals surface area contributed by atoms with Crippen LogP contribution in [0.25, 0.3) is 5.65 Å². The van der Waals surface area contributed by atoms with Crippen LogP contribution >= 0.6 is 0 Å². The highest BCUT2D eigenvalue weighted by Gasteiger charge is 2.27. The number of amides is 2. The van der Waals surface area contributed by atoms with E-state index < -0.39 is 5.82 Å². The molecule has 1 aliphatic heterocycles. The molecule has 2 amide bonds. The van der Waals surface area contributed by atoms with Crippen molar-refractivity contribution in [2.75, 3.05) is 28.6 Å². The number of halogens is 1. The van der Waals surface area contributed by atoms with E-state index in [1.807, 2.05) is 6.07 Å². The average Bonchev–Trinajstić information content (AvgIpc) is 3.35. The molecule has 1 saturated heterocycles. The Balaban J connectivity index is 1.17. The Kier molecular flexibility index (Phi) is 6.33. The van der Waals surface area contributed by atoms with Gasteiger partial charge in [-0.05, 0) is 66.4 Å². The lowest BCUT2D eigenvalue weighted by molar-refractivity contribution is -0.121.